The second-order valence-electron chi connectivity index (χ2n) is 4.34. The molecule has 2 aromatic heterocycles. The summed E-state index contributed by atoms with van der Waals surface area (Å²) in [6.07, 6.45) is 2.88. The van der Waals surface area contributed by atoms with E-state index in [2.05, 4.69) is 47.7 Å². The standard InChI is InChI=1S/C14H18N2S/c1-10-4-5-12(16-9-10)8-13(15-3)14-11(2)6-7-17-14/h4-7,9,13,15H,8H2,1-3H3. The largest absolute Gasteiger partial charge is 0.312 e. The second-order valence-corrected chi connectivity index (χ2v) is 5.29. The highest BCUT2D eigenvalue weighted by atomic mass is 32.1. The Kier molecular flexibility index (Phi) is 3.92. The summed E-state index contributed by atoms with van der Waals surface area (Å²) in [5.41, 5.74) is 3.71. The Morgan fingerprint density at radius 3 is 2.65 bits per heavy atom. The van der Waals surface area contributed by atoms with Crippen LogP contribution >= 0.6 is 11.3 Å². The molecule has 0 spiro atoms. The van der Waals surface area contributed by atoms with Crippen LogP contribution in [0.15, 0.2) is 29.8 Å². The number of hydrogen-bond donors (Lipinski definition) is 1. The summed E-state index contributed by atoms with van der Waals surface area (Å²) in [5.74, 6) is 0. The lowest BCUT2D eigenvalue weighted by atomic mass is 10.1. The highest BCUT2D eigenvalue weighted by Crippen LogP contribution is 2.26. The molecule has 2 heterocycles. The van der Waals surface area contributed by atoms with Crippen LogP contribution in [0.2, 0.25) is 0 Å². The van der Waals surface area contributed by atoms with Crippen LogP contribution in [0.4, 0.5) is 0 Å². The first-order valence-corrected chi connectivity index (χ1v) is 6.71. The van der Waals surface area contributed by atoms with Crippen LogP contribution < -0.4 is 5.32 Å². The monoisotopic (exact) mass is 246 g/mol. The minimum Gasteiger partial charge on any atom is -0.312 e. The number of pyridine rings is 1. The number of nitrogens with zero attached hydrogens (tertiary/aromatic N) is 1. The van der Waals surface area contributed by atoms with Crippen molar-refractivity contribution in [2.75, 3.05) is 7.05 Å². The molecular formula is C14H18N2S. The highest BCUT2D eigenvalue weighted by Gasteiger charge is 2.14. The number of aromatic nitrogens is 1. The van der Waals surface area contributed by atoms with E-state index in [-0.39, 0.29) is 0 Å². The molecule has 1 atom stereocenters. The van der Waals surface area contributed by atoms with Crippen LogP contribution in [0.1, 0.15) is 27.7 Å². The van der Waals surface area contributed by atoms with E-state index in [1.165, 1.54) is 16.0 Å². The number of thiophene rings is 1. The zero-order valence-corrected chi connectivity index (χ0v) is 11.3. The number of rotatable bonds is 4. The van der Waals surface area contributed by atoms with Gasteiger partial charge in [0.2, 0.25) is 0 Å². The first kappa shape index (κ1) is 12.3. The molecule has 2 nitrogen and oxygen atoms in total. The van der Waals surface area contributed by atoms with E-state index in [9.17, 15) is 0 Å². The van der Waals surface area contributed by atoms with E-state index in [4.69, 9.17) is 0 Å². The van der Waals surface area contributed by atoms with Crippen molar-refractivity contribution in [3.63, 3.8) is 0 Å². The van der Waals surface area contributed by atoms with E-state index in [0.717, 1.165) is 12.1 Å². The molecule has 0 aliphatic carbocycles. The molecule has 0 fully saturated rings. The first-order chi connectivity index (χ1) is 8.20. The number of likely N-dealkylation sites (N-methyl/N-ethyl adjacent to an activating group) is 1. The fraction of sp³-hybridized carbons (Fsp3) is 0.357. The zero-order chi connectivity index (χ0) is 12.3. The molecule has 0 aliphatic heterocycles. The molecule has 17 heavy (non-hydrogen) atoms. The third-order valence-corrected chi connectivity index (χ3v) is 4.09. The van der Waals surface area contributed by atoms with Gasteiger partial charge in [-0.05, 0) is 49.5 Å². The Morgan fingerprint density at radius 2 is 2.12 bits per heavy atom. The fourth-order valence-electron chi connectivity index (χ4n) is 1.90. The molecule has 2 rings (SSSR count). The van der Waals surface area contributed by atoms with Gasteiger partial charge in [-0.1, -0.05) is 6.07 Å². The van der Waals surface area contributed by atoms with Crippen molar-refractivity contribution in [3.8, 4) is 0 Å². The van der Waals surface area contributed by atoms with Crippen molar-refractivity contribution in [2.24, 2.45) is 0 Å². The Balaban J connectivity index is 2.16. The van der Waals surface area contributed by atoms with Crippen molar-refractivity contribution in [2.45, 2.75) is 26.3 Å². The van der Waals surface area contributed by atoms with Crippen LogP contribution in [-0.2, 0) is 6.42 Å². The van der Waals surface area contributed by atoms with Crippen LogP contribution in [0.5, 0.6) is 0 Å². The van der Waals surface area contributed by atoms with Gasteiger partial charge < -0.3 is 5.32 Å². The van der Waals surface area contributed by atoms with Gasteiger partial charge in [0.1, 0.15) is 0 Å². The maximum atomic E-state index is 4.47. The zero-order valence-electron chi connectivity index (χ0n) is 10.5. The lowest BCUT2D eigenvalue weighted by Gasteiger charge is -2.15. The summed E-state index contributed by atoms with van der Waals surface area (Å²) in [6.45, 7) is 4.23. The van der Waals surface area contributed by atoms with Gasteiger partial charge in [-0.3, -0.25) is 4.98 Å². The van der Waals surface area contributed by atoms with E-state index in [0.29, 0.717) is 6.04 Å². The Bertz CT molecular complexity index is 473. The average molecular weight is 246 g/mol. The minimum absolute atomic E-state index is 0.366. The number of nitrogens with one attached hydrogen (secondary N) is 1. The molecule has 0 saturated heterocycles. The van der Waals surface area contributed by atoms with Crippen LogP contribution in [0.25, 0.3) is 0 Å². The molecule has 0 aromatic carbocycles. The molecule has 1 N–H and O–H groups in total. The molecule has 0 bridgehead atoms. The average Bonchev–Trinajstić information content (AvgIpc) is 2.75. The summed E-state index contributed by atoms with van der Waals surface area (Å²) in [5, 5.41) is 5.53. The van der Waals surface area contributed by atoms with Gasteiger partial charge >= 0.3 is 0 Å². The Labute approximate surface area is 107 Å². The van der Waals surface area contributed by atoms with Gasteiger partial charge in [0.15, 0.2) is 0 Å². The van der Waals surface area contributed by atoms with Gasteiger partial charge in [-0.25, -0.2) is 0 Å². The Hall–Kier alpha value is -1.19. The van der Waals surface area contributed by atoms with Crippen molar-refractivity contribution < 1.29 is 0 Å². The van der Waals surface area contributed by atoms with Gasteiger partial charge in [0, 0.05) is 29.2 Å². The summed E-state index contributed by atoms with van der Waals surface area (Å²) in [7, 11) is 2.01. The molecular weight excluding hydrogens is 228 g/mol. The number of hydrogen-bond acceptors (Lipinski definition) is 3. The van der Waals surface area contributed by atoms with Gasteiger partial charge in [0.25, 0.3) is 0 Å². The van der Waals surface area contributed by atoms with Crippen LogP contribution in [-0.4, -0.2) is 12.0 Å². The van der Waals surface area contributed by atoms with E-state index < -0.39 is 0 Å². The van der Waals surface area contributed by atoms with E-state index in [1.54, 1.807) is 0 Å². The van der Waals surface area contributed by atoms with Gasteiger partial charge in [0.05, 0.1) is 0 Å². The summed E-state index contributed by atoms with van der Waals surface area (Å²) < 4.78 is 0. The van der Waals surface area contributed by atoms with E-state index in [1.807, 2.05) is 24.6 Å². The van der Waals surface area contributed by atoms with Crippen molar-refractivity contribution >= 4 is 11.3 Å². The molecule has 0 amide bonds. The van der Waals surface area contributed by atoms with Gasteiger partial charge in [-0.15, -0.1) is 11.3 Å². The predicted octanol–water partition coefficient (Wildman–Crippen LogP) is 3.26. The molecule has 1 unspecified atom stereocenters. The lowest BCUT2D eigenvalue weighted by molar-refractivity contribution is 0.591. The molecule has 2 aromatic rings. The normalized spacial score (nSPS) is 12.6. The third kappa shape index (κ3) is 2.93. The van der Waals surface area contributed by atoms with Crippen molar-refractivity contribution in [1.29, 1.82) is 0 Å². The predicted molar refractivity (Wildman–Crippen MR) is 73.5 cm³/mol. The minimum atomic E-state index is 0.366. The van der Waals surface area contributed by atoms with E-state index >= 15 is 0 Å². The molecule has 0 radical (unpaired) electrons. The second kappa shape index (κ2) is 5.43. The van der Waals surface area contributed by atoms with Crippen molar-refractivity contribution in [1.82, 2.24) is 10.3 Å². The van der Waals surface area contributed by atoms with Crippen LogP contribution in [0, 0.1) is 13.8 Å². The highest BCUT2D eigenvalue weighted by molar-refractivity contribution is 7.10. The molecule has 0 saturated carbocycles. The van der Waals surface area contributed by atoms with Crippen LogP contribution in [0.3, 0.4) is 0 Å². The maximum absolute atomic E-state index is 4.47. The fourth-order valence-corrected chi connectivity index (χ4v) is 2.93. The summed E-state index contributed by atoms with van der Waals surface area (Å²) >= 11 is 1.81. The molecule has 3 heteroatoms. The number of aryl methyl sites for hydroxylation is 2. The van der Waals surface area contributed by atoms with Gasteiger partial charge in [-0.2, -0.15) is 0 Å². The molecule has 90 valence electrons. The van der Waals surface area contributed by atoms with Crippen molar-refractivity contribution in [3.05, 3.63) is 51.5 Å². The first-order valence-electron chi connectivity index (χ1n) is 5.83. The summed E-state index contributed by atoms with van der Waals surface area (Å²) in [4.78, 5) is 5.88. The maximum Gasteiger partial charge on any atom is 0.0471 e. The SMILES string of the molecule is CNC(Cc1ccc(C)cn1)c1sccc1C. The summed E-state index contributed by atoms with van der Waals surface area (Å²) in [6, 6.07) is 6.77. The smallest absolute Gasteiger partial charge is 0.0471 e. The lowest BCUT2D eigenvalue weighted by Crippen LogP contribution is -2.19. The quantitative estimate of drug-likeness (QED) is 0.895. The topological polar surface area (TPSA) is 24.9 Å². The molecule has 0 aliphatic rings. The Morgan fingerprint density at radius 1 is 1.29 bits per heavy atom. The third-order valence-electron chi connectivity index (χ3n) is 2.95.